The second-order valence-electron chi connectivity index (χ2n) is 4.77. The zero-order chi connectivity index (χ0) is 17.7. The third-order valence-electron chi connectivity index (χ3n) is 3.03. The van der Waals surface area contributed by atoms with Crippen molar-refractivity contribution in [2.45, 2.75) is 6.18 Å². The summed E-state index contributed by atoms with van der Waals surface area (Å²) in [6.45, 7) is 0.715. The Bertz CT molecular complexity index is 718. The van der Waals surface area contributed by atoms with Crippen LogP contribution in [0.4, 0.5) is 30.2 Å². The molecule has 2 rings (SSSR count). The molecule has 6 nitrogen and oxygen atoms in total. The number of benzene rings is 2. The molecule has 128 valence electrons. The van der Waals surface area contributed by atoms with E-state index in [9.17, 15) is 23.3 Å². The molecule has 0 aliphatic heterocycles. The monoisotopic (exact) mass is 341 g/mol. The van der Waals surface area contributed by atoms with Crippen LogP contribution in [0.1, 0.15) is 5.56 Å². The lowest BCUT2D eigenvalue weighted by Gasteiger charge is -2.12. The maximum Gasteiger partial charge on any atom is 0.423 e. The Morgan fingerprint density at radius 3 is 2.29 bits per heavy atom. The molecule has 2 aromatic carbocycles. The Kier molecular flexibility index (Phi) is 5.24. The summed E-state index contributed by atoms with van der Waals surface area (Å²) in [5.74, 6) is 0.575. The van der Waals surface area contributed by atoms with Crippen molar-refractivity contribution < 1.29 is 22.8 Å². The van der Waals surface area contributed by atoms with Crippen LogP contribution in [0.5, 0.6) is 5.75 Å². The summed E-state index contributed by atoms with van der Waals surface area (Å²) in [6.07, 6.45) is -4.82. The molecule has 0 unspecified atom stereocenters. The van der Waals surface area contributed by atoms with Crippen LogP contribution in [0.15, 0.2) is 42.5 Å². The van der Waals surface area contributed by atoms with Gasteiger partial charge in [0.15, 0.2) is 0 Å². The van der Waals surface area contributed by atoms with Gasteiger partial charge in [-0.05, 0) is 36.4 Å². The van der Waals surface area contributed by atoms with Gasteiger partial charge in [-0.25, -0.2) is 0 Å². The molecule has 0 bridgehead atoms. The number of nitro groups is 1. The van der Waals surface area contributed by atoms with Crippen molar-refractivity contribution in [3.8, 4) is 5.75 Å². The number of nitrogens with one attached hydrogen (secondary N) is 1. The van der Waals surface area contributed by atoms with Gasteiger partial charge in [0.1, 0.15) is 17.9 Å². The molecule has 0 amide bonds. The maximum atomic E-state index is 12.9. The first kappa shape index (κ1) is 17.5. The van der Waals surface area contributed by atoms with Gasteiger partial charge >= 0.3 is 6.18 Å². The molecule has 0 saturated carbocycles. The Labute approximate surface area is 135 Å². The molecular weight excluding hydrogens is 327 g/mol. The number of nitrogens with two attached hydrogens (primary N) is 1. The highest BCUT2D eigenvalue weighted by atomic mass is 19.4. The zero-order valence-electron chi connectivity index (χ0n) is 12.3. The van der Waals surface area contributed by atoms with Crippen LogP contribution >= 0.6 is 0 Å². The molecule has 9 heteroatoms. The van der Waals surface area contributed by atoms with Crippen LogP contribution in [0, 0.1) is 10.1 Å². The fourth-order valence-corrected chi connectivity index (χ4v) is 1.98. The second kappa shape index (κ2) is 7.18. The first-order chi connectivity index (χ1) is 11.3. The van der Waals surface area contributed by atoms with Crippen LogP contribution in [0.2, 0.25) is 0 Å². The highest BCUT2D eigenvalue weighted by Gasteiger charge is 2.38. The lowest BCUT2D eigenvalue weighted by molar-refractivity contribution is -0.388. The van der Waals surface area contributed by atoms with E-state index in [1.807, 2.05) is 0 Å². The Morgan fingerprint density at radius 1 is 1.12 bits per heavy atom. The van der Waals surface area contributed by atoms with Crippen molar-refractivity contribution >= 4 is 17.1 Å². The Morgan fingerprint density at radius 2 is 1.75 bits per heavy atom. The van der Waals surface area contributed by atoms with Gasteiger partial charge in [-0.1, -0.05) is 0 Å². The lowest BCUT2D eigenvalue weighted by atomic mass is 10.1. The van der Waals surface area contributed by atoms with E-state index in [0.717, 1.165) is 6.07 Å². The average Bonchev–Trinajstić information content (AvgIpc) is 2.53. The van der Waals surface area contributed by atoms with Crippen LogP contribution < -0.4 is 15.8 Å². The van der Waals surface area contributed by atoms with E-state index < -0.39 is 22.4 Å². The Balaban J connectivity index is 2.22. The van der Waals surface area contributed by atoms with Crippen molar-refractivity contribution in [3.63, 3.8) is 0 Å². The van der Waals surface area contributed by atoms with Gasteiger partial charge in [-0.15, -0.1) is 0 Å². The number of anilines is 2. The summed E-state index contributed by atoms with van der Waals surface area (Å²) in [5.41, 5.74) is 3.62. The van der Waals surface area contributed by atoms with Crippen molar-refractivity contribution in [1.29, 1.82) is 0 Å². The summed E-state index contributed by atoms with van der Waals surface area (Å²) < 4.78 is 44.1. The van der Waals surface area contributed by atoms with E-state index in [4.69, 9.17) is 10.5 Å². The number of halogens is 3. The molecule has 0 saturated heterocycles. The minimum Gasteiger partial charge on any atom is -0.492 e. The van der Waals surface area contributed by atoms with Crippen LogP contribution in [-0.2, 0) is 6.18 Å². The molecule has 0 spiro atoms. The summed E-state index contributed by atoms with van der Waals surface area (Å²) in [4.78, 5) is 9.66. The minimum atomic E-state index is -4.82. The lowest BCUT2D eigenvalue weighted by Crippen LogP contribution is -2.10. The molecule has 0 fully saturated rings. The molecule has 3 N–H and O–H groups in total. The first-order valence-corrected chi connectivity index (χ1v) is 6.87. The number of hydrogen-bond acceptors (Lipinski definition) is 5. The van der Waals surface area contributed by atoms with Gasteiger partial charge in [0.2, 0.25) is 0 Å². The smallest absolute Gasteiger partial charge is 0.423 e. The average molecular weight is 341 g/mol. The van der Waals surface area contributed by atoms with E-state index in [1.165, 1.54) is 6.07 Å². The fourth-order valence-electron chi connectivity index (χ4n) is 1.98. The van der Waals surface area contributed by atoms with Gasteiger partial charge in [-0.2, -0.15) is 13.2 Å². The number of hydrogen-bond donors (Lipinski definition) is 2. The van der Waals surface area contributed by atoms with Crippen molar-refractivity contribution in [3.05, 3.63) is 58.1 Å². The topological polar surface area (TPSA) is 90.4 Å². The maximum absolute atomic E-state index is 12.9. The number of nitro benzene ring substituents is 1. The van der Waals surface area contributed by atoms with Crippen molar-refractivity contribution in [2.24, 2.45) is 5.73 Å². The number of nitrogens with zero attached hydrogens (tertiary/aromatic N) is 1. The quantitative estimate of drug-likeness (QED) is 0.618. The second-order valence-corrected chi connectivity index (χ2v) is 4.77. The molecule has 0 radical (unpaired) electrons. The van der Waals surface area contributed by atoms with Gasteiger partial charge in [0.25, 0.3) is 5.69 Å². The van der Waals surface area contributed by atoms with E-state index >= 15 is 0 Å². The predicted molar refractivity (Wildman–Crippen MR) is 82.4 cm³/mol. The number of ether oxygens (including phenoxy) is 1. The normalized spacial score (nSPS) is 11.2. The third kappa shape index (κ3) is 4.35. The standard InChI is InChI=1S/C15H14F3N3O3/c16-15(17,18)13-9-11(3-6-14(13)21(22)23)20-10-1-4-12(5-2-10)24-8-7-19/h1-6,9,20H,7-8,19H2. The fraction of sp³-hybridized carbons (Fsp3) is 0.200. The SMILES string of the molecule is NCCOc1ccc(Nc2ccc([N+](=O)[O-])c(C(F)(F)F)c2)cc1. The highest BCUT2D eigenvalue weighted by Crippen LogP contribution is 2.38. The predicted octanol–water partition coefficient (Wildman–Crippen LogP) is 3.69. The largest absolute Gasteiger partial charge is 0.492 e. The molecule has 24 heavy (non-hydrogen) atoms. The highest BCUT2D eigenvalue weighted by molar-refractivity contribution is 5.64. The van der Waals surface area contributed by atoms with Crippen LogP contribution in [-0.4, -0.2) is 18.1 Å². The van der Waals surface area contributed by atoms with Crippen LogP contribution in [0.25, 0.3) is 0 Å². The molecular formula is C15H14F3N3O3. The first-order valence-electron chi connectivity index (χ1n) is 6.87. The van der Waals surface area contributed by atoms with E-state index in [0.29, 0.717) is 30.7 Å². The van der Waals surface area contributed by atoms with Gasteiger partial charge < -0.3 is 15.8 Å². The van der Waals surface area contributed by atoms with Crippen molar-refractivity contribution in [1.82, 2.24) is 0 Å². The van der Waals surface area contributed by atoms with E-state index in [1.54, 1.807) is 24.3 Å². The van der Waals surface area contributed by atoms with E-state index in [2.05, 4.69) is 5.32 Å². The molecule has 2 aromatic rings. The van der Waals surface area contributed by atoms with Crippen molar-refractivity contribution in [2.75, 3.05) is 18.5 Å². The third-order valence-corrected chi connectivity index (χ3v) is 3.03. The number of alkyl halides is 3. The van der Waals surface area contributed by atoms with Gasteiger partial charge in [-0.3, -0.25) is 10.1 Å². The summed E-state index contributed by atoms with van der Waals surface area (Å²) in [7, 11) is 0. The minimum absolute atomic E-state index is 0.0866. The summed E-state index contributed by atoms with van der Waals surface area (Å²) in [6, 6.07) is 9.23. The molecule has 0 aromatic heterocycles. The summed E-state index contributed by atoms with van der Waals surface area (Å²) in [5, 5.41) is 13.5. The molecule has 0 atom stereocenters. The van der Waals surface area contributed by atoms with Gasteiger partial charge in [0.05, 0.1) is 4.92 Å². The Hall–Kier alpha value is -2.81. The zero-order valence-corrected chi connectivity index (χ0v) is 12.3. The summed E-state index contributed by atoms with van der Waals surface area (Å²) >= 11 is 0. The molecule has 0 aliphatic rings. The molecule has 0 aliphatic carbocycles. The van der Waals surface area contributed by atoms with Gasteiger partial charge in [0, 0.05) is 24.0 Å². The van der Waals surface area contributed by atoms with E-state index in [-0.39, 0.29) is 5.69 Å². The number of rotatable bonds is 6. The molecule has 0 heterocycles. The van der Waals surface area contributed by atoms with Crippen LogP contribution in [0.3, 0.4) is 0 Å².